The fourth-order valence-corrected chi connectivity index (χ4v) is 3.35. The van der Waals surface area contributed by atoms with Gasteiger partial charge in [0, 0.05) is 17.9 Å². The molecule has 3 rings (SSSR count). The van der Waals surface area contributed by atoms with Crippen LogP contribution in [0.4, 0.5) is 5.69 Å². The lowest BCUT2D eigenvalue weighted by molar-refractivity contribution is 0.0679. The molecule has 5 nitrogen and oxygen atoms in total. The van der Waals surface area contributed by atoms with Crippen molar-refractivity contribution in [3.05, 3.63) is 51.6 Å². The number of amides is 1. The maximum absolute atomic E-state index is 12.3. The third-order valence-electron chi connectivity index (χ3n) is 3.99. The van der Waals surface area contributed by atoms with Crippen molar-refractivity contribution in [2.24, 2.45) is 0 Å². The molecule has 1 fully saturated rings. The van der Waals surface area contributed by atoms with Crippen LogP contribution in [0.25, 0.3) is 0 Å². The van der Waals surface area contributed by atoms with E-state index in [1.54, 1.807) is 25.3 Å². The Hall–Kier alpha value is -1.80. The van der Waals surface area contributed by atoms with Crippen LogP contribution in [0.3, 0.4) is 0 Å². The van der Waals surface area contributed by atoms with Gasteiger partial charge in [0.15, 0.2) is 0 Å². The van der Waals surface area contributed by atoms with Crippen LogP contribution in [0.1, 0.15) is 23.2 Å². The third-order valence-corrected chi connectivity index (χ3v) is 4.83. The second-order valence-electron chi connectivity index (χ2n) is 5.77. The normalized spacial score (nSPS) is 16.5. The van der Waals surface area contributed by atoms with Gasteiger partial charge < -0.3 is 19.5 Å². The van der Waals surface area contributed by atoms with Gasteiger partial charge in [-0.3, -0.25) is 4.79 Å². The number of methoxy groups -OCH3 is 1. The highest BCUT2D eigenvalue weighted by atomic mass is 127. The number of hydrogen-bond acceptors (Lipinski definition) is 4. The second kappa shape index (κ2) is 8.53. The van der Waals surface area contributed by atoms with Gasteiger partial charge in [-0.25, -0.2) is 0 Å². The van der Waals surface area contributed by atoms with Crippen molar-refractivity contribution >= 4 is 34.2 Å². The van der Waals surface area contributed by atoms with Crippen molar-refractivity contribution in [1.29, 1.82) is 0 Å². The quantitative estimate of drug-likeness (QED) is 0.670. The Kier molecular flexibility index (Phi) is 6.14. The van der Waals surface area contributed by atoms with E-state index in [1.807, 2.05) is 24.3 Å². The summed E-state index contributed by atoms with van der Waals surface area (Å²) in [6.07, 6.45) is 2.34. The summed E-state index contributed by atoms with van der Waals surface area (Å²) in [7, 11) is 1.61. The van der Waals surface area contributed by atoms with E-state index in [0.29, 0.717) is 12.2 Å². The van der Waals surface area contributed by atoms with Gasteiger partial charge in [0.1, 0.15) is 18.1 Å². The highest BCUT2D eigenvalue weighted by Crippen LogP contribution is 2.23. The molecule has 0 aliphatic carbocycles. The van der Waals surface area contributed by atoms with E-state index in [9.17, 15) is 4.79 Å². The van der Waals surface area contributed by atoms with Crippen LogP contribution in [-0.2, 0) is 4.74 Å². The predicted octanol–water partition coefficient (Wildman–Crippen LogP) is 4.11. The number of carbonyl (C=O) groups is 1. The van der Waals surface area contributed by atoms with Crippen molar-refractivity contribution in [3.8, 4) is 11.5 Å². The molecule has 0 saturated carbocycles. The van der Waals surface area contributed by atoms with Gasteiger partial charge in [0.2, 0.25) is 0 Å². The molecule has 1 amide bonds. The van der Waals surface area contributed by atoms with Crippen LogP contribution in [0.2, 0.25) is 0 Å². The average Bonchev–Trinajstić information content (AvgIpc) is 3.14. The van der Waals surface area contributed by atoms with Crippen molar-refractivity contribution in [1.82, 2.24) is 0 Å². The van der Waals surface area contributed by atoms with Crippen molar-refractivity contribution in [2.45, 2.75) is 18.9 Å². The van der Waals surface area contributed by atoms with E-state index >= 15 is 0 Å². The summed E-state index contributed by atoms with van der Waals surface area (Å²) >= 11 is 2.15. The van der Waals surface area contributed by atoms with Gasteiger partial charge >= 0.3 is 0 Å². The first-order valence-corrected chi connectivity index (χ1v) is 9.23. The second-order valence-corrected chi connectivity index (χ2v) is 6.94. The molecule has 1 saturated heterocycles. The molecule has 1 aliphatic rings. The predicted molar refractivity (Wildman–Crippen MR) is 105 cm³/mol. The first-order chi connectivity index (χ1) is 12.2. The van der Waals surface area contributed by atoms with Gasteiger partial charge in [-0.2, -0.15) is 0 Å². The highest BCUT2D eigenvalue weighted by molar-refractivity contribution is 14.1. The molecule has 25 heavy (non-hydrogen) atoms. The Morgan fingerprint density at radius 3 is 2.72 bits per heavy atom. The van der Waals surface area contributed by atoms with E-state index in [4.69, 9.17) is 14.2 Å². The zero-order valence-corrected chi connectivity index (χ0v) is 16.1. The van der Waals surface area contributed by atoms with Crippen LogP contribution in [0.15, 0.2) is 42.5 Å². The monoisotopic (exact) mass is 453 g/mol. The summed E-state index contributed by atoms with van der Waals surface area (Å²) in [5.41, 5.74) is 1.31. The van der Waals surface area contributed by atoms with Crippen LogP contribution in [0, 0.1) is 3.57 Å². The Labute approximate surface area is 160 Å². The summed E-state index contributed by atoms with van der Waals surface area (Å²) in [4.78, 5) is 12.3. The maximum Gasteiger partial charge on any atom is 0.255 e. The van der Waals surface area contributed by atoms with E-state index < -0.39 is 0 Å². The number of hydrogen-bond donors (Lipinski definition) is 1. The molecular weight excluding hydrogens is 433 g/mol. The Balaban J connectivity index is 1.56. The van der Waals surface area contributed by atoms with Crippen molar-refractivity contribution < 1.29 is 19.0 Å². The number of ether oxygens (including phenoxy) is 3. The fraction of sp³-hybridized carbons (Fsp3) is 0.316. The van der Waals surface area contributed by atoms with Gasteiger partial charge in [0.05, 0.1) is 16.8 Å². The summed E-state index contributed by atoms with van der Waals surface area (Å²) in [6.45, 7) is 1.39. The topological polar surface area (TPSA) is 56.8 Å². The SMILES string of the molecule is COc1ccc(C(=O)Nc2ccc(OCC3CCCO3)cc2)cc1I. The molecule has 1 N–H and O–H groups in total. The molecule has 1 unspecified atom stereocenters. The Bertz CT molecular complexity index is 727. The lowest BCUT2D eigenvalue weighted by atomic mass is 10.2. The molecule has 0 radical (unpaired) electrons. The summed E-state index contributed by atoms with van der Waals surface area (Å²) < 4.78 is 17.4. The third kappa shape index (κ3) is 4.85. The largest absolute Gasteiger partial charge is 0.496 e. The van der Waals surface area contributed by atoms with Crippen LogP contribution < -0.4 is 14.8 Å². The molecule has 0 aromatic heterocycles. The van der Waals surface area contributed by atoms with Crippen LogP contribution >= 0.6 is 22.6 Å². The molecule has 132 valence electrons. The molecule has 2 aromatic rings. The average molecular weight is 453 g/mol. The van der Waals surface area contributed by atoms with Gasteiger partial charge in [-0.05, 0) is 77.9 Å². The molecule has 1 aliphatic heterocycles. The van der Waals surface area contributed by atoms with Crippen LogP contribution in [0.5, 0.6) is 11.5 Å². The number of benzene rings is 2. The molecule has 2 aromatic carbocycles. The molecule has 0 spiro atoms. The summed E-state index contributed by atoms with van der Waals surface area (Å²) in [6, 6.07) is 12.7. The number of carbonyl (C=O) groups excluding carboxylic acids is 1. The first-order valence-electron chi connectivity index (χ1n) is 8.15. The van der Waals surface area contributed by atoms with E-state index in [2.05, 4.69) is 27.9 Å². The van der Waals surface area contributed by atoms with E-state index in [0.717, 1.165) is 40.2 Å². The minimum Gasteiger partial charge on any atom is -0.496 e. The van der Waals surface area contributed by atoms with Gasteiger partial charge in [-0.1, -0.05) is 0 Å². The smallest absolute Gasteiger partial charge is 0.255 e. The standard InChI is InChI=1S/C19H20INO4/c1-23-18-9-4-13(11-17(18)20)19(22)21-14-5-7-15(8-6-14)25-12-16-3-2-10-24-16/h4-9,11,16H,2-3,10,12H2,1H3,(H,21,22). The molecule has 6 heteroatoms. The minimum absolute atomic E-state index is 0.159. The minimum atomic E-state index is -0.159. The first kappa shape index (κ1) is 18.0. The van der Waals surface area contributed by atoms with Gasteiger partial charge in [0.25, 0.3) is 5.91 Å². The fourth-order valence-electron chi connectivity index (χ4n) is 2.61. The zero-order valence-electron chi connectivity index (χ0n) is 14.0. The van der Waals surface area contributed by atoms with Crippen molar-refractivity contribution in [2.75, 3.05) is 25.6 Å². The Morgan fingerprint density at radius 2 is 2.08 bits per heavy atom. The zero-order chi connectivity index (χ0) is 17.6. The molecule has 0 bridgehead atoms. The summed E-state index contributed by atoms with van der Waals surface area (Å²) in [5.74, 6) is 1.37. The lowest BCUT2D eigenvalue weighted by Gasteiger charge is -2.12. The highest BCUT2D eigenvalue weighted by Gasteiger charge is 2.16. The number of rotatable bonds is 6. The Morgan fingerprint density at radius 1 is 1.28 bits per heavy atom. The maximum atomic E-state index is 12.3. The van der Waals surface area contributed by atoms with Crippen LogP contribution in [-0.4, -0.2) is 32.3 Å². The van der Waals surface area contributed by atoms with Gasteiger partial charge in [-0.15, -0.1) is 0 Å². The molecule has 1 atom stereocenters. The molecular formula is C19H20INO4. The number of halogens is 1. The number of anilines is 1. The van der Waals surface area contributed by atoms with Crippen molar-refractivity contribution in [3.63, 3.8) is 0 Å². The molecule has 1 heterocycles. The lowest BCUT2D eigenvalue weighted by Crippen LogP contribution is -2.16. The van der Waals surface area contributed by atoms with E-state index in [-0.39, 0.29) is 12.0 Å². The van der Waals surface area contributed by atoms with E-state index in [1.165, 1.54) is 0 Å². The number of nitrogens with one attached hydrogen (secondary N) is 1. The summed E-state index contributed by atoms with van der Waals surface area (Å²) in [5, 5.41) is 2.88.